The van der Waals surface area contributed by atoms with Gasteiger partial charge in [0.1, 0.15) is 6.07 Å². The van der Waals surface area contributed by atoms with Crippen molar-refractivity contribution >= 4 is 0 Å². The lowest BCUT2D eigenvalue weighted by Gasteiger charge is -2.08. The Morgan fingerprint density at radius 2 is 2.16 bits per heavy atom. The molecule has 2 rings (SSSR count). The van der Waals surface area contributed by atoms with Crippen LogP contribution in [0.1, 0.15) is 22.8 Å². The molecule has 0 amide bonds. The number of nitriles is 1. The SMILES string of the molecule is COc1ccc(Cn2c(C#N)nc(C)c2C)cc1F. The van der Waals surface area contributed by atoms with Crippen molar-refractivity contribution in [1.82, 2.24) is 9.55 Å². The van der Waals surface area contributed by atoms with Crippen LogP contribution in [0.15, 0.2) is 18.2 Å². The average molecular weight is 259 g/mol. The van der Waals surface area contributed by atoms with E-state index in [0.29, 0.717) is 12.4 Å². The Hall–Kier alpha value is -2.35. The van der Waals surface area contributed by atoms with Gasteiger partial charge in [-0.15, -0.1) is 0 Å². The normalized spacial score (nSPS) is 10.3. The fourth-order valence-electron chi connectivity index (χ4n) is 1.92. The maximum atomic E-state index is 13.6. The van der Waals surface area contributed by atoms with E-state index in [2.05, 4.69) is 4.98 Å². The molecule has 0 saturated carbocycles. The van der Waals surface area contributed by atoms with E-state index in [1.54, 1.807) is 16.7 Å². The molecule has 0 spiro atoms. The van der Waals surface area contributed by atoms with E-state index >= 15 is 0 Å². The fourth-order valence-corrected chi connectivity index (χ4v) is 1.92. The number of nitrogens with zero attached hydrogens (tertiary/aromatic N) is 3. The predicted octanol–water partition coefficient (Wildman–Crippen LogP) is 2.57. The van der Waals surface area contributed by atoms with Crippen LogP contribution >= 0.6 is 0 Å². The van der Waals surface area contributed by atoms with Gasteiger partial charge in [-0.05, 0) is 31.5 Å². The van der Waals surface area contributed by atoms with Crippen LogP contribution in [0.3, 0.4) is 0 Å². The van der Waals surface area contributed by atoms with Gasteiger partial charge in [0, 0.05) is 5.69 Å². The van der Waals surface area contributed by atoms with Gasteiger partial charge in [0.15, 0.2) is 11.6 Å². The van der Waals surface area contributed by atoms with Crippen LogP contribution in [0.5, 0.6) is 5.75 Å². The van der Waals surface area contributed by atoms with Gasteiger partial charge in [-0.2, -0.15) is 5.26 Å². The van der Waals surface area contributed by atoms with Crippen LogP contribution < -0.4 is 4.74 Å². The van der Waals surface area contributed by atoms with Crippen molar-refractivity contribution in [2.75, 3.05) is 7.11 Å². The second-order valence-electron chi connectivity index (χ2n) is 4.27. The molecule has 5 heteroatoms. The first-order valence-corrected chi connectivity index (χ1v) is 5.83. The van der Waals surface area contributed by atoms with Crippen molar-refractivity contribution in [3.8, 4) is 11.8 Å². The Morgan fingerprint density at radius 1 is 1.42 bits per heavy atom. The lowest BCUT2D eigenvalue weighted by Crippen LogP contribution is -2.05. The van der Waals surface area contributed by atoms with Gasteiger partial charge in [0.25, 0.3) is 0 Å². The van der Waals surface area contributed by atoms with Gasteiger partial charge >= 0.3 is 0 Å². The van der Waals surface area contributed by atoms with Crippen molar-refractivity contribution in [3.63, 3.8) is 0 Å². The number of benzene rings is 1. The summed E-state index contributed by atoms with van der Waals surface area (Å²) in [5.41, 5.74) is 2.48. The maximum Gasteiger partial charge on any atom is 0.213 e. The second kappa shape index (κ2) is 5.11. The second-order valence-corrected chi connectivity index (χ2v) is 4.27. The molecule has 0 bridgehead atoms. The molecular formula is C14H14FN3O. The van der Waals surface area contributed by atoms with E-state index in [0.717, 1.165) is 17.0 Å². The zero-order valence-electron chi connectivity index (χ0n) is 11.1. The number of imidazole rings is 1. The number of hydrogen-bond acceptors (Lipinski definition) is 3. The molecule has 0 radical (unpaired) electrons. The van der Waals surface area contributed by atoms with Gasteiger partial charge in [0.05, 0.1) is 19.3 Å². The van der Waals surface area contributed by atoms with Gasteiger partial charge in [-0.25, -0.2) is 9.37 Å². The minimum absolute atomic E-state index is 0.211. The molecule has 2 aromatic rings. The van der Waals surface area contributed by atoms with Gasteiger partial charge in [-0.3, -0.25) is 0 Å². The van der Waals surface area contributed by atoms with Crippen molar-refractivity contribution in [2.24, 2.45) is 0 Å². The summed E-state index contributed by atoms with van der Waals surface area (Å²) in [7, 11) is 1.43. The smallest absolute Gasteiger partial charge is 0.213 e. The van der Waals surface area contributed by atoms with Crippen LogP contribution in [-0.4, -0.2) is 16.7 Å². The van der Waals surface area contributed by atoms with E-state index in [1.165, 1.54) is 13.2 Å². The molecule has 0 aliphatic rings. The molecule has 98 valence electrons. The van der Waals surface area contributed by atoms with E-state index in [9.17, 15) is 4.39 Å². The Bertz CT molecular complexity index is 655. The number of hydrogen-bond donors (Lipinski definition) is 0. The molecule has 1 aromatic heterocycles. The van der Waals surface area contributed by atoms with Crippen molar-refractivity contribution in [2.45, 2.75) is 20.4 Å². The summed E-state index contributed by atoms with van der Waals surface area (Å²) >= 11 is 0. The number of ether oxygens (including phenoxy) is 1. The summed E-state index contributed by atoms with van der Waals surface area (Å²) in [5, 5.41) is 9.04. The number of methoxy groups -OCH3 is 1. The molecule has 1 aromatic carbocycles. The molecule has 4 nitrogen and oxygen atoms in total. The molecule has 0 saturated heterocycles. The summed E-state index contributed by atoms with van der Waals surface area (Å²) in [4.78, 5) is 4.16. The Balaban J connectivity index is 2.37. The van der Waals surface area contributed by atoms with E-state index < -0.39 is 5.82 Å². The third-order valence-corrected chi connectivity index (χ3v) is 3.11. The lowest BCUT2D eigenvalue weighted by atomic mass is 10.2. The topological polar surface area (TPSA) is 50.8 Å². The Morgan fingerprint density at radius 3 is 2.74 bits per heavy atom. The molecule has 19 heavy (non-hydrogen) atoms. The maximum absolute atomic E-state index is 13.6. The number of halogens is 1. The highest BCUT2D eigenvalue weighted by atomic mass is 19.1. The third-order valence-electron chi connectivity index (χ3n) is 3.11. The zero-order valence-corrected chi connectivity index (χ0v) is 11.1. The Kier molecular flexibility index (Phi) is 3.52. The highest BCUT2D eigenvalue weighted by Gasteiger charge is 2.12. The van der Waals surface area contributed by atoms with E-state index in [1.807, 2.05) is 19.9 Å². The molecule has 0 aliphatic carbocycles. The zero-order chi connectivity index (χ0) is 14.0. The van der Waals surface area contributed by atoms with Gasteiger partial charge in [-0.1, -0.05) is 6.07 Å². The molecular weight excluding hydrogens is 245 g/mol. The van der Waals surface area contributed by atoms with Crippen LogP contribution in [0, 0.1) is 31.0 Å². The summed E-state index contributed by atoms with van der Waals surface area (Å²) in [6, 6.07) is 6.81. The summed E-state index contributed by atoms with van der Waals surface area (Å²) in [6.07, 6.45) is 0. The first kappa shape index (κ1) is 13.1. The predicted molar refractivity (Wildman–Crippen MR) is 68.5 cm³/mol. The van der Waals surface area contributed by atoms with Gasteiger partial charge in [0.2, 0.25) is 5.82 Å². The van der Waals surface area contributed by atoms with Crippen LogP contribution in [0.2, 0.25) is 0 Å². The number of aryl methyl sites for hydroxylation is 1. The van der Waals surface area contributed by atoms with Crippen molar-refractivity contribution in [3.05, 3.63) is 46.8 Å². The third kappa shape index (κ3) is 2.43. The quantitative estimate of drug-likeness (QED) is 0.851. The van der Waals surface area contributed by atoms with Gasteiger partial charge < -0.3 is 9.30 Å². The molecule has 0 unspecified atom stereocenters. The van der Waals surface area contributed by atoms with Crippen LogP contribution in [0.4, 0.5) is 4.39 Å². The molecule has 0 N–H and O–H groups in total. The summed E-state index contributed by atoms with van der Waals surface area (Å²) < 4.78 is 20.3. The number of aromatic nitrogens is 2. The first-order valence-electron chi connectivity index (χ1n) is 5.83. The summed E-state index contributed by atoms with van der Waals surface area (Å²) in [6.45, 7) is 4.15. The fraction of sp³-hybridized carbons (Fsp3) is 0.286. The molecule has 0 atom stereocenters. The monoisotopic (exact) mass is 259 g/mol. The summed E-state index contributed by atoms with van der Waals surface area (Å²) in [5.74, 6) is 0.141. The minimum atomic E-state index is -0.409. The van der Waals surface area contributed by atoms with Crippen molar-refractivity contribution in [1.29, 1.82) is 5.26 Å². The largest absolute Gasteiger partial charge is 0.494 e. The molecule has 0 aliphatic heterocycles. The Labute approximate surface area is 111 Å². The standard InChI is InChI=1S/C14H14FN3O/c1-9-10(2)18(14(7-16)17-9)8-11-4-5-13(19-3)12(15)6-11/h4-6H,8H2,1-3H3. The first-order chi connectivity index (χ1) is 9.06. The highest BCUT2D eigenvalue weighted by molar-refractivity contribution is 5.31. The lowest BCUT2D eigenvalue weighted by molar-refractivity contribution is 0.386. The number of rotatable bonds is 3. The molecule has 1 heterocycles. The minimum Gasteiger partial charge on any atom is -0.494 e. The van der Waals surface area contributed by atoms with E-state index in [-0.39, 0.29) is 5.75 Å². The van der Waals surface area contributed by atoms with Crippen molar-refractivity contribution < 1.29 is 9.13 Å². The van der Waals surface area contributed by atoms with Crippen LogP contribution in [0.25, 0.3) is 0 Å². The highest BCUT2D eigenvalue weighted by Crippen LogP contribution is 2.19. The average Bonchev–Trinajstić information content (AvgIpc) is 2.67. The van der Waals surface area contributed by atoms with Crippen LogP contribution in [-0.2, 0) is 6.54 Å². The molecule has 0 fully saturated rings. The van der Waals surface area contributed by atoms with E-state index in [4.69, 9.17) is 10.00 Å².